The first-order chi connectivity index (χ1) is 10.7. The maximum atomic E-state index is 5.89. The molecule has 3 aromatic rings. The van der Waals surface area contributed by atoms with Crippen molar-refractivity contribution < 1.29 is 43.2 Å². The van der Waals surface area contributed by atoms with Crippen LogP contribution in [-0.2, 0) is 13.1 Å². The Morgan fingerprint density at radius 2 is 1.29 bits per heavy atom. The summed E-state index contributed by atoms with van der Waals surface area (Å²) in [7, 11) is 0. The standard InChI is InChI=1S/C14H18N6O2.2ClH/c1-3-19-11(13(15)21-17-19)9-6-5-7-10(8-9)12-14(16)22-18-20(12)4-2;;/h5-8H,3-4,15-16H2,1-2H3;2*1H/q+2;;/p-2. The molecule has 0 amide bonds. The van der Waals surface area contributed by atoms with E-state index in [-0.39, 0.29) is 36.6 Å². The van der Waals surface area contributed by atoms with Gasteiger partial charge in [0.15, 0.2) is 13.1 Å². The molecule has 0 fully saturated rings. The molecule has 8 nitrogen and oxygen atoms in total. The van der Waals surface area contributed by atoms with Gasteiger partial charge in [-0.3, -0.25) is 9.05 Å². The largest absolute Gasteiger partial charge is 1.00 e. The molecular weight excluding hydrogens is 355 g/mol. The zero-order valence-electron chi connectivity index (χ0n) is 13.2. The lowest BCUT2D eigenvalue weighted by molar-refractivity contribution is -0.749. The molecule has 0 saturated heterocycles. The molecule has 0 aliphatic carbocycles. The van der Waals surface area contributed by atoms with Crippen LogP contribution < -0.4 is 45.6 Å². The van der Waals surface area contributed by atoms with Crippen molar-refractivity contribution in [2.45, 2.75) is 26.9 Å². The van der Waals surface area contributed by atoms with Gasteiger partial charge in [-0.2, -0.15) is 0 Å². The highest BCUT2D eigenvalue weighted by Gasteiger charge is 2.27. The fourth-order valence-electron chi connectivity index (χ4n) is 2.44. The number of nitrogens with zero attached hydrogens (tertiary/aromatic N) is 4. The Kier molecular flexibility index (Phi) is 6.56. The van der Waals surface area contributed by atoms with Gasteiger partial charge in [0.2, 0.25) is 10.5 Å². The predicted octanol–water partition coefficient (Wildman–Crippen LogP) is -5.22. The first kappa shape index (κ1) is 19.7. The van der Waals surface area contributed by atoms with Crippen LogP contribution >= 0.6 is 0 Å². The van der Waals surface area contributed by atoms with Crippen LogP contribution in [0.1, 0.15) is 13.8 Å². The molecule has 1 aromatic carbocycles. The number of aryl methyl sites for hydroxylation is 2. The minimum absolute atomic E-state index is 0. The van der Waals surface area contributed by atoms with Gasteiger partial charge in [-0.05, 0) is 41.4 Å². The minimum Gasteiger partial charge on any atom is -1.00 e. The molecule has 24 heavy (non-hydrogen) atoms. The summed E-state index contributed by atoms with van der Waals surface area (Å²) in [6.07, 6.45) is 0. The summed E-state index contributed by atoms with van der Waals surface area (Å²) in [5.74, 6) is 0.557. The summed E-state index contributed by atoms with van der Waals surface area (Å²) >= 11 is 0. The van der Waals surface area contributed by atoms with Crippen LogP contribution in [0.2, 0.25) is 0 Å². The van der Waals surface area contributed by atoms with Crippen molar-refractivity contribution in [1.82, 2.24) is 10.5 Å². The summed E-state index contributed by atoms with van der Waals surface area (Å²) in [6.45, 7) is 5.26. The van der Waals surface area contributed by atoms with Gasteiger partial charge in [0.1, 0.15) is 0 Å². The number of nitrogens with two attached hydrogens (primary N) is 2. The lowest BCUT2D eigenvalue weighted by Crippen LogP contribution is -3.00. The SMILES string of the molecule is CC[n+]1noc(N)c1-c1cccc(-c2c(N)on[n+]2CC)c1.[Cl-].[Cl-]. The van der Waals surface area contributed by atoms with E-state index in [0.29, 0.717) is 13.1 Å². The Balaban J connectivity index is 0.00000144. The molecule has 0 saturated carbocycles. The highest BCUT2D eigenvalue weighted by atomic mass is 35.5. The van der Waals surface area contributed by atoms with E-state index in [1.165, 1.54) is 0 Å². The first-order valence-corrected chi connectivity index (χ1v) is 7.07. The molecule has 0 unspecified atom stereocenters. The molecular formula is C14H18Cl2N6O2. The monoisotopic (exact) mass is 372 g/mol. The number of aromatic nitrogens is 4. The van der Waals surface area contributed by atoms with Crippen LogP contribution in [0.5, 0.6) is 0 Å². The van der Waals surface area contributed by atoms with Crippen molar-refractivity contribution in [2.75, 3.05) is 11.5 Å². The van der Waals surface area contributed by atoms with Gasteiger partial charge in [-0.25, -0.2) is 0 Å². The molecule has 0 radical (unpaired) electrons. The third-order valence-electron chi connectivity index (χ3n) is 3.47. The van der Waals surface area contributed by atoms with Crippen LogP contribution in [0.3, 0.4) is 0 Å². The van der Waals surface area contributed by atoms with Crippen molar-refractivity contribution in [2.24, 2.45) is 0 Å². The van der Waals surface area contributed by atoms with Gasteiger partial charge in [-0.15, -0.1) is 0 Å². The molecule has 0 bridgehead atoms. The van der Waals surface area contributed by atoms with Crippen molar-refractivity contribution in [3.8, 4) is 22.5 Å². The third kappa shape index (κ3) is 3.29. The quantitative estimate of drug-likeness (QED) is 0.442. The van der Waals surface area contributed by atoms with E-state index < -0.39 is 0 Å². The van der Waals surface area contributed by atoms with Crippen LogP contribution in [0, 0.1) is 0 Å². The predicted molar refractivity (Wildman–Crippen MR) is 78.0 cm³/mol. The molecule has 0 spiro atoms. The molecule has 130 valence electrons. The number of rotatable bonds is 4. The van der Waals surface area contributed by atoms with E-state index in [1.54, 1.807) is 9.36 Å². The van der Waals surface area contributed by atoms with Gasteiger partial charge in [0, 0.05) is 0 Å². The van der Waals surface area contributed by atoms with Crippen molar-refractivity contribution >= 4 is 11.8 Å². The lowest BCUT2D eigenvalue weighted by Gasteiger charge is -1.98. The Morgan fingerprint density at radius 3 is 1.67 bits per heavy atom. The average Bonchev–Trinajstić information content (AvgIpc) is 3.09. The topological polar surface area (TPSA) is 112 Å². The van der Waals surface area contributed by atoms with Gasteiger partial charge < -0.3 is 36.3 Å². The molecule has 2 aromatic heterocycles. The number of hydrogen-bond donors (Lipinski definition) is 2. The summed E-state index contributed by atoms with van der Waals surface area (Å²) in [5, 5.41) is 7.82. The number of anilines is 2. The average molecular weight is 373 g/mol. The Labute approximate surface area is 151 Å². The van der Waals surface area contributed by atoms with Crippen molar-refractivity contribution in [3.63, 3.8) is 0 Å². The van der Waals surface area contributed by atoms with Crippen molar-refractivity contribution in [3.05, 3.63) is 24.3 Å². The van der Waals surface area contributed by atoms with Crippen LogP contribution in [0.4, 0.5) is 11.8 Å². The number of halogens is 2. The highest BCUT2D eigenvalue weighted by molar-refractivity contribution is 5.74. The second-order valence-corrected chi connectivity index (χ2v) is 4.78. The zero-order chi connectivity index (χ0) is 15.7. The second-order valence-electron chi connectivity index (χ2n) is 4.78. The van der Waals surface area contributed by atoms with Crippen LogP contribution in [-0.4, -0.2) is 10.5 Å². The fourth-order valence-corrected chi connectivity index (χ4v) is 2.44. The second kappa shape index (κ2) is 7.98. The highest BCUT2D eigenvalue weighted by Crippen LogP contribution is 2.28. The molecule has 0 atom stereocenters. The molecule has 4 N–H and O–H groups in total. The Bertz CT molecular complexity index is 754. The fraction of sp³-hybridized carbons (Fsp3) is 0.286. The molecule has 0 aliphatic rings. The Morgan fingerprint density at radius 1 is 0.875 bits per heavy atom. The van der Waals surface area contributed by atoms with E-state index in [2.05, 4.69) is 10.5 Å². The smallest absolute Gasteiger partial charge is 0.304 e. The molecule has 0 aliphatic heterocycles. The van der Waals surface area contributed by atoms with E-state index in [4.69, 9.17) is 20.5 Å². The summed E-state index contributed by atoms with van der Waals surface area (Å²) in [6, 6.07) is 7.77. The first-order valence-electron chi connectivity index (χ1n) is 7.07. The van der Waals surface area contributed by atoms with E-state index in [0.717, 1.165) is 22.5 Å². The normalized spacial score (nSPS) is 10.1. The maximum Gasteiger partial charge on any atom is 0.304 e. The minimum atomic E-state index is 0. The number of benzene rings is 1. The summed E-state index contributed by atoms with van der Waals surface area (Å²) < 4.78 is 13.6. The van der Waals surface area contributed by atoms with Gasteiger partial charge in [-0.1, -0.05) is 6.07 Å². The Hall–Kier alpha value is -2.32. The lowest BCUT2D eigenvalue weighted by atomic mass is 10.1. The van der Waals surface area contributed by atoms with Crippen LogP contribution in [0.15, 0.2) is 33.3 Å². The van der Waals surface area contributed by atoms with E-state index in [9.17, 15) is 0 Å². The van der Waals surface area contributed by atoms with E-state index in [1.807, 2.05) is 38.1 Å². The third-order valence-corrected chi connectivity index (χ3v) is 3.47. The van der Waals surface area contributed by atoms with Gasteiger partial charge >= 0.3 is 23.2 Å². The number of nitrogen functional groups attached to an aromatic ring is 2. The van der Waals surface area contributed by atoms with Gasteiger partial charge in [0.25, 0.3) is 0 Å². The van der Waals surface area contributed by atoms with E-state index >= 15 is 0 Å². The summed E-state index contributed by atoms with van der Waals surface area (Å²) in [4.78, 5) is 0. The molecule has 10 heteroatoms. The summed E-state index contributed by atoms with van der Waals surface area (Å²) in [5.41, 5.74) is 15.0. The molecule has 2 heterocycles. The van der Waals surface area contributed by atoms with Crippen LogP contribution in [0.25, 0.3) is 22.5 Å². The van der Waals surface area contributed by atoms with Crippen molar-refractivity contribution in [1.29, 1.82) is 0 Å². The van der Waals surface area contributed by atoms with Gasteiger partial charge in [0.05, 0.1) is 11.1 Å². The number of hydrogen-bond acceptors (Lipinski definition) is 6. The molecule has 3 rings (SSSR count). The maximum absolute atomic E-state index is 5.89. The zero-order valence-corrected chi connectivity index (χ0v) is 14.8.